The zero-order valence-corrected chi connectivity index (χ0v) is 8.26. The minimum atomic E-state index is -1.42. The summed E-state index contributed by atoms with van der Waals surface area (Å²) in [5.74, 6) is -0.0712. The van der Waals surface area contributed by atoms with Crippen molar-refractivity contribution >= 4 is 17.5 Å². The highest BCUT2D eigenvalue weighted by Crippen LogP contribution is 2.33. The van der Waals surface area contributed by atoms with Gasteiger partial charge in [0.25, 0.3) is 5.03 Å². The molecule has 2 aliphatic rings. The molecule has 1 unspecified atom stereocenters. The smallest absolute Gasteiger partial charge is 0.445 e. The standard InChI is InChI=1S/C8H4N6O3/c15-8-9-6-4-2-1-3-5(6)7-10-11-12-14(7,8)13(16)17/h1-4H/p+1. The Bertz CT molecular complexity index is 621. The van der Waals surface area contributed by atoms with Crippen LogP contribution in [-0.4, -0.2) is 26.7 Å². The van der Waals surface area contributed by atoms with Crippen LogP contribution in [0.2, 0.25) is 0 Å². The second kappa shape index (κ2) is 2.92. The van der Waals surface area contributed by atoms with E-state index >= 15 is 0 Å². The van der Waals surface area contributed by atoms with E-state index in [1.165, 1.54) is 0 Å². The summed E-state index contributed by atoms with van der Waals surface area (Å²) in [6.07, 6.45) is 0. The summed E-state index contributed by atoms with van der Waals surface area (Å²) < 4.78 is -1.42. The van der Waals surface area contributed by atoms with Crippen molar-refractivity contribution in [3.8, 4) is 0 Å². The molecule has 1 N–H and O–H groups in total. The average molecular weight is 233 g/mol. The lowest BCUT2D eigenvalue weighted by Gasteiger charge is -2.16. The van der Waals surface area contributed by atoms with Crippen molar-refractivity contribution in [2.75, 3.05) is 0 Å². The van der Waals surface area contributed by atoms with E-state index in [9.17, 15) is 15.2 Å². The molecule has 0 aromatic heterocycles. The van der Waals surface area contributed by atoms with Crippen molar-refractivity contribution in [3.05, 3.63) is 39.9 Å². The van der Waals surface area contributed by atoms with Crippen LogP contribution < -0.4 is 0 Å². The normalized spacial score (nSPS) is 24.7. The zero-order valence-electron chi connectivity index (χ0n) is 8.26. The van der Waals surface area contributed by atoms with Gasteiger partial charge in [-0.2, -0.15) is 4.99 Å². The quantitative estimate of drug-likeness (QED) is 0.447. The Morgan fingerprint density at radius 3 is 2.88 bits per heavy atom. The van der Waals surface area contributed by atoms with Gasteiger partial charge in [-0.25, -0.2) is 10.1 Å². The van der Waals surface area contributed by atoms with E-state index in [1.807, 2.05) is 0 Å². The third-order valence-corrected chi connectivity index (χ3v) is 2.48. The highest BCUT2D eigenvalue weighted by atomic mass is 16.7. The predicted molar refractivity (Wildman–Crippen MR) is 54.8 cm³/mol. The Morgan fingerprint density at radius 2 is 2.12 bits per heavy atom. The lowest BCUT2D eigenvalue weighted by atomic mass is 10.1. The first-order valence-corrected chi connectivity index (χ1v) is 4.58. The summed E-state index contributed by atoms with van der Waals surface area (Å²) >= 11 is 0. The minimum absolute atomic E-state index is 0.0712. The van der Waals surface area contributed by atoms with E-state index in [-0.39, 0.29) is 5.84 Å². The number of amidine groups is 2. The van der Waals surface area contributed by atoms with Crippen LogP contribution in [0.3, 0.4) is 0 Å². The van der Waals surface area contributed by atoms with Crippen LogP contribution in [0.15, 0.2) is 44.8 Å². The number of aliphatic imine (C=N–C) groups is 1. The first kappa shape index (κ1) is 9.54. The number of rotatable bonds is 1. The Hall–Kier alpha value is -2.68. The van der Waals surface area contributed by atoms with E-state index in [1.54, 1.807) is 24.3 Å². The molecule has 2 aliphatic heterocycles. The van der Waals surface area contributed by atoms with E-state index in [4.69, 9.17) is 0 Å². The van der Waals surface area contributed by atoms with Gasteiger partial charge in [-0.15, -0.1) is 0 Å². The highest BCUT2D eigenvalue weighted by molar-refractivity contribution is 6.05. The number of aliphatic hydroxyl groups excluding tert-OH is 1. The van der Waals surface area contributed by atoms with Crippen molar-refractivity contribution in [1.82, 2.24) is 0 Å². The van der Waals surface area contributed by atoms with E-state index in [0.29, 0.717) is 11.3 Å². The monoisotopic (exact) mass is 233 g/mol. The molecule has 3 rings (SSSR count). The summed E-state index contributed by atoms with van der Waals surface area (Å²) in [7, 11) is 0. The molecule has 84 valence electrons. The Kier molecular flexibility index (Phi) is 1.64. The molecule has 0 saturated heterocycles. The molecule has 0 saturated carbocycles. The van der Waals surface area contributed by atoms with Gasteiger partial charge in [0.05, 0.1) is 11.3 Å². The summed E-state index contributed by atoms with van der Waals surface area (Å²) in [5, 5.41) is 30.2. The molecule has 1 aromatic rings. The number of fused-ring (bicyclic) bond motifs is 3. The highest BCUT2D eigenvalue weighted by Gasteiger charge is 2.63. The van der Waals surface area contributed by atoms with Crippen molar-refractivity contribution in [3.63, 3.8) is 0 Å². The molecular weight excluding hydrogens is 228 g/mol. The number of benzene rings is 1. The maximum absolute atomic E-state index is 11.1. The number of hydrogen-bond donors (Lipinski definition) is 1. The molecule has 0 radical (unpaired) electrons. The molecule has 1 atom stereocenters. The SMILES string of the molecule is O=[N+]([O-])[N+]12N=NN=C1c1ccccc1N=C2O. The van der Waals surface area contributed by atoms with Gasteiger partial charge < -0.3 is 5.11 Å². The predicted octanol–water partition coefficient (Wildman–Crippen LogP) is 1.30. The number of nitro groups is 1. The Morgan fingerprint density at radius 1 is 1.35 bits per heavy atom. The van der Waals surface area contributed by atoms with Gasteiger partial charge in [0.2, 0.25) is 4.70 Å². The Balaban J connectivity index is 2.34. The second-order valence-corrected chi connectivity index (χ2v) is 3.37. The van der Waals surface area contributed by atoms with Gasteiger partial charge in [0.15, 0.2) is 0 Å². The van der Waals surface area contributed by atoms with Crippen LogP contribution >= 0.6 is 0 Å². The van der Waals surface area contributed by atoms with Gasteiger partial charge in [-0.1, -0.05) is 17.2 Å². The molecule has 2 heterocycles. The molecule has 0 amide bonds. The first-order valence-electron chi connectivity index (χ1n) is 4.58. The molecule has 9 heteroatoms. The summed E-state index contributed by atoms with van der Waals surface area (Å²) in [4.78, 5) is 14.8. The van der Waals surface area contributed by atoms with Crippen molar-refractivity contribution in [2.24, 2.45) is 20.5 Å². The summed E-state index contributed by atoms with van der Waals surface area (Å²) in [6.45, 7) is 0. The largest absolute Gasteiger partial charge is 0.499 e. The zero-order chi connectivity index (χ0) is 12.0. The fraction of sp³-hybridized carbons (Fsp3) is 0. The first-order chi connectivity index (χ1) is 8.16. The molecule has 1 aromatic carbocycles. The molecule has 0 bridgehead atoms. The average Bonchev–Trinajstić information content (AvgIpc) is 2.75. The third-order valence-electron chi connectivity index (χ3n) is 2.48. The molecule has 9 nitrogen and oxygen atoms in total. The van der Waals surface area contributed by atoms with Crippen LogP contribution in [0.25, 0.3) is 0 Å². The molecule has 17 heavy (non-hydrogen) atoms. The van der Waals surface area contributed by atoms with E-state index in [2.05, 4.69) is 20.5 Å². The van der Waals surface area contributed by atoms with E-state index < -0.39 is 15.8 Å². The van der Waals surface area contributed by atoms with Crippen LogP contribution in [0.1, 0.15) is 5.56 Å². The van der Waals surface area contributed by atoms with Crippen molar-refractivity contribution < 1.29 is 14.8 Å². The maximum Gasteiger partial charge on any atom is 0.499 e. The van der Waals surface area contributed by atoms with Gasteiger partial charge in [-0.3, -0.25) is 0 Å². The fourth-order valence-corrected chi connectivity index (χ4v) is 1.70. The van der Waals surface area contributed by atoms with Crippen LogP contribution in [0.4, 0.5) is 5.69 Å². The number of nitrogens with zero attached hydrogens (tertiary/aromatic N) is 6. The molecule has 0 spiro atoms. The lowest BCUT2D eigenvalue weighted by molar-refractivity contribution is -1.23. The fourth-order valence-electron chi connectivity index (χ4n) is 1.70. The minimum Gasteiger partial charge on any atom is -0.445 e. The van der Waals surface area contributed by atoms with Gasteiger partial charge in [-0.05, 0) is 12.1 Å². The lowest BCUT2D eigenvalue weighted by Crippen LogP contribution is -2.56. The molecule has 0 aliphatic carbocycles. The van der Waals surface area contributed by atoms with Crippen LogP contribution in [-0.2, 0) is 0 Å². The molecular formula is C8H5N6O3+. The van der Waals surface area contributed by atoms with Gasteiger partial charge in [0, 0.05) is 5.22 Å². The topological polar surface area (TPSA) is 113 Å². The maximum atomic E-state index is 11.1. The summed E-state index contributed by atoms with van der Waals surface area (Å²) in [5.41, 5.74) is 0.818. The van der Waals surface area contributed by atoms with Gasteiger partial charge in [0.1, 0.15) is 5.22 Å². The number of aliphatic hydroxyl groups is 1. The van der Waals surface area contributed by atoms with Crippen LogP contribution in [0.5, 0.6) is 0 Å². The van der Waals surface area contributed by atoms with Crippen molar-refractivity contribution in [1.29, 1.82) is 0 Å². The molecule has 0 fully saturated rings. The Labute approximate surface area is 93.7 Å². The number of para-hydroxylation sites is 1. The number of hydrogen-bond acceptors (Lipinski definition) is 6. The summed E-state index contributed by atoms with van der Waals surface area (Å²) in [6, 6.07) is 5.82. The van der Waals surface area contributed by atoms with Crippen molar-refractivity contribution in [2.45, 2.75) is 0 Å². The third kappa shape index (κ3) is 1.000. The number of quaternary nitrogens is 1. The second-order valence-electron chi connectivity index (χ2n) is 3.37. The van der Waals surface area contributed by atoms with E-state index in [0.717, 1.165) is 0 Å². The van der Waals surface area contributed by atoms with Crippen LogP contribution in [0, 0.1) is 10.1 Å². The van der Waals surface area contributed by atoms with Gasteiger partial charge >= 0.3 is 11.9 Å².